The van der Waals surface area contributed by atoms with E-state index in [1.807, 2.05) is 12.1 Å². The Morgan fingerprint density at radius 2 is 2.06 bits per heavy atom. The average Bonchev–Trinajstić information content (AvgIpc) is 2.28. The molecule has 90 valence electrons. The Hall–Kier alpha value is -1.60. The second-order valence-corrected chi connectivity index (χ2v) is 4.67. The number of methoxy groups -OCH3 is 1. The lowest BCUT2D eigenvalue weighted by Gasteiger charge is -2.39. The predicted molar refractivity (Wildman–Crippen MR) is 66.1 cm³/mol. The molecule has 0 radical (unpaired) electrons. The first-order chi connectivity index (χ1) is 8.14. The summed E-state index contributed by atoms with van der Waals surface area (Å²) in [5, 5.41) is 0. The molecule has 1 aromatic carbocycles. The molecule has 1 saturated carbocycles. The van der Waals surface area contributed by atoms with Crippen LogP contribution in [0.1, 0.15) is 36.0 Å². The van der Waals surface area contributed by atoms with Crippen molar-refractivity contribution in [2.24, 2.45) is 4.99 Å². The number of nitrogens with zero attached hydrogens (tertiary/aromatic N) is 1. The molecule has 0 unspecified atom stereocenters. The summed E-state index contributed by atoms with van der Waals surface area (Å²) in [6, 6.07) is 3.99. The molecule has 1 aliphatic carbocycles. The van der Waals surface area contributed by atoms with Gasteiger partial charge < -0.3 is 4.74 Å². The Kier molecular flexibility index (Phi) is 3.03. The summed E-state index contributed by atoms with van der Waals surface area (Å²) in [7, 11) is 1.66. The summed E-state index contributed by atoms with van der Waals surface area (Å²) in [4.78, 5) is 14.7. The van der Waals surface area contributed by atoms with Crippen LogP contribution in [0.15, 0.2) is 17.1 Å². The van der Waals surface area contributed by atoms with Gasteiger partial charge in [0.2, 0.25) is 6.08 Å². The lowest BCUT2D eigenvalue weighted by Crippen LogP contribution is -2.33. The molecular weight excluding hydrogens is 214 g/mol. The monoisotopic (exact) mass is 231 g/mol. The van der Waals surface area contributed by atoms with Gasteiger partial charge in [0.05, 0.1) is 7.11 Å². The maximum absolute atomic E-state index is 10.6. The zero-order valence-corrected chi connectivity index (χ0v) is 10.5. The quantitative estimate of drug-likeness (QED) is 0.592. The minimum Gasteiger partial charge on any atom is -0.496 e. The van der Waals surface area contributed by atoms with E-state index < -0.39 is 0 Å². The summed E-state index contributed by atoms with van der Waals surface area (Å²) >= 11 is 0. The SMILES string of the molecule is COc1ccc(C)c(C)c1C1(N=C=O)CCC1. The zero-order chi connectivity index (χ0) is 12.5. The minimum atomic E-state index is -0.386. The topological polar surface area (TPSA) is 38.7 Å². The molecule has 1 aliphatic rings. The molecule has 2 rings (SSSR count). The fraction of sp³-hybridized carbons (Fsp3) is 0.500. The highest BCUT2D eigenvalue weighted by atomic mass is 16.5. The van der Waals surface area contributed by atoms with Gasteiger partial charge >= 0.3 is 0 Å². The highest BCUT2D eigenvalue weighted by Gasteiger charge is 2.42. The molecular formula is C14H17NO2. The van der Waals surface area contributed by atoms with Crippen LogP contribution in [-0.4, -0.2) is 13.2 Å². The molecule has 0 aromatic heterocycles. The summed E-state index contributed by atoms with van der Waals surface area (Å²) in [6.07, 6.45) is 4.64. The highest BCUT2D eigenvalue weighted by molar-refractivity contribution is 5.51. The third-order valence-corrected chi connectivity index (χ3v) is 3.82. The van der Waals surface area contributed by atoms with Crippen LogP contribution in [0.3, 0.4) is 0 Å². The van der Waals surface area contributed by atoms with Crippen molar-refractivity contribution in [3.8, 4) is 5.75 Å². The summed E-state index contributed by atoms with van der Waals surface area (Å²) in [6.45, 7) is 4.13. The van der Waals surface area contributed by atoms with Crippen LogP contribution in [0.2, 0.25) is 0 Å². The molecule has 0 heterocycles. The largest absolute Gasteiger partial charge is 0.496 e. The lowest BCUT2D eigenvalue weighted by molar-refractivity contribution is 0.244. The summed E-state index contributed by atoms with van der Waals surface area (Å²) in [5.41, 5.74) is 3.05. The van der Waals surface area contributed by atoms with Gasteiger partial charge in [-0.1, -0.05) is 6.07 Å². The number of carbonyl (C=O) groups excluding carboxylic acids is 1. The standard InChI is InChI=1S/C14H17NO2/c1-10-5-6-12(17-3)13(11(10)2)14(15-9-16)7-4-8-14/h5-6H,4,7-8H2,1-3H3. The smallest absolute Gasteiger partial charge is 0.235 e. The number of aliphatic imine (C=N–C) groups is 1. The minimum absolute atomic E-state index is 0.386. The van der Waals surface area contributed by atoms with Gasteiger partial charge in [0.15, 0.2) is 0 Å². The van der Waals surface area contributed by atoms with Gasteiger partial charge in [-0.05, 0) is 50.3 Å². The molecule has 1 fully saturated rings. The van der Waals surface area contributed by atoms with Gasteiger partial charge in [0.25, 0.3) is 0 Å². The number of ether oxygens (including phenoxy) is 1. The van der Waals surface area contributed by atoms with Crippen molar-refractivity contribution in [3.63, 3.8) is 0 Å². The van der Waals surface area contributed by atoms with Gasteiger partial charge in [-0.2, -0.15) is 4.99 Å². The second-order valence-electron chi connectivity index (χ2n) is 4.67. The molecule has 0 saturated heterocycles. The normalized spacial score (nSPS) is 16.9. The highest BCUT2D eigenvalue weighted by Crippen LogP contribution is 2.49. The van der Waals surface area contributed by atoms with Crippen molar-refractivity contribution in [1.82, 2.24) is 0 Å². The van der Waals surface area contributed by atoms with Crippen LogP contribution in [0.5, 0.6) is 5.75 Å². The van der Waals surface area contributed by atoms with E-state index in [-0.39, 0.29) is 5.54 Å². The number of benzene rings is 1. The fourth-order valence-electron chi connectivity index (χ4n) is 2.56. The molecule has 0 spiro atoms. The molecule has 17 heavy (non-hydrogen) atoms. The van der Waals surface area contributed by atoms with Crippen LogP contribution in [0.25, 0.3) is 0 Å². The number of aryl methyl sites for hydroxylation is 1. The van der Waals surface area contributed by atoms with Crippen molar-refractivity contribution in [1.29, 1.82) is 0 Å². The van der Waals surface area contributed by atoms with Gasteiger partial charge in [0.1, 0.15) is 11.3 Å². The van der Waals surface area contributed by atoms with E-state index in [2.05, 4.69) is 18.8 Å². The van der Waals surface area contributed by atoms with E-state index in [0.717, 1.165) is 30.6 Å². The van der Waals surface area contributed by atoms with Crippen LogP contribution in [0, 0.1) is 13.8 Å². The van der Waals surface area contributed by atoms with Gasteiger partial charge in [-0.25, -0.2) is 4.79 Å². The van der Waals surface area contributed by atoms with Crippen LogP contribution >= 0.6 is 0 Å². The summed E-state index contributed by atoms with van der Waals surface area (Å²) in [5.74, 6) is 0.826. The maximum Gasteiger partial charge on any atom is 0.235 e. The lowest BCUT2D eigenvalue weighted by atomic mass is 9.70. The first-order valence-electron chi connectivity index (χ1n) is 5.88. The van der Waals surface area contributed by atoms with Gasteiger partial charge in [-0.3, -0.25) is 0 Å². The Balaban J connectivity index is 2.63. The molecule has 0 N–H and O–H groups in total. The van der Waals surface area contributed by atoms with Gasteiger partial charge in [-0.15, -0.1) is 0 Å². The van der Waals surface area contributed by atoms with Crippen molar-refractivity contribution in [3.05, 3.63) is 28.8 Å². The number of rotatable bonds is 3. The molecule has 1 aromatic rings. The van der Waals surface area contributed by atoms with E-state index in [1.165, 1.54) is 11.1 Å². The van der Waals surface area contributed by atoms with Crippen molar-refractivity contribution in [2.45, 2.75) is 38.6 Å². The predicted octanol–water partition coefficient (Wildman–Crippen LogP) is 3.03. The first-order valence-corrected chi connectivity index (χ1v) is 5.88. The van der Waals surface area contributed by atoms with E-state index >= 15 is 0 Å². The zero-order valence-electron chi connectivity index (χ0n) is 10.5. The van der Waals surface area contributed by atoms with E-state index in [1.54, 1.807) is 13.2 Å². The molecule has 3 nitrogen and oxygen atoms in total. The summed E-state index contributed by atoms with van der Waals surface area (Å²) < 4.78 is 5.42. The van der Waals surface area contributed by atoms with Gasteiger partial charge in [0, 0.05) is 5.56 Å². The number of isocyanates is 1. The van der Waals surface area contributed by atoms with E-state index in [4.69, 9.17) is 4.74 Å². The average molecular weight is 231 g/mol. The third-order valence-electron chi connectivity index (χ3n) is 3.82. The number of hydrogen-bond acceptors (Lipinski definition) is 3. The molecule has 0 atom stereocenters. The third kappa shape index (κ3) is 1.77. The molecule has 0 amide bonds. The Labute approximate surface area is 102 Å². The van der Waals surface area contributed by atoms with Crippen LogP contribution < -0.4 is 4.74 Å². The maximum atomic E-state index is 10.6. The number of hydrogen-bond donors (Lipinski definition) is 0. The Morgan fingerprint density at radius 3 is 2.53 bits per heavy atom. The molecule has 0 aliphatic heterocycles. The van der Waals surface area contributed by atoms with Crippen molar-refractivity contribution >= 4 is 6.08 Å². The van der Waals surface area contributed by atoms with E-state index in [9.17, 15) is 4.79 Å². The van der Waals surface area contributed by atoms with Crippen LogP contribution in [0.4, 0.5) is 0 Å². The van der Waals surface area contributed by atoms with Crippen molar-refractivity contribution < 1.29 is 9.53 Å². The van der Waals surface area contributed by atoms with Crippen LogP contribution in [-0.2, 0) is 10.3 Å². The second kappa shape index (κ2) is 4.34. The fourth-order valence-corrected chi connectivity index (χ4v) is 2.56. The van der Waals surface area contributed by atoms with E-state index in [0.29, 0.717) is 0 Å². The Bertz CT molecular complexity index is 483. The first kappa shape index (κ1) is 11.9. The van der Waals surface area contributed by atoms with Crippen molar-refractivity contribution in [2.75, 3.05) is 7.11 Å². The molecule has 0 bridgehead atoms. The Morgan fingerprint density at radius 1 is 1.35 bits per heavy atom. The molecule has 3 heteroatoms.